The van der Waals surface area contributed by atoms with Crippen molar-refractivity contribution in [2.24, 2.45) is 0 Å². The van der Waals surface area contributed by atoms with E-state index in [1.165, 1.54) is 14.2 Å². The molecule has 1 unspecified atom stereocenters. The molecule has 0 radical (unpaired) electrons. The van der Waals surface area contributed by atoms with Crippen molar-refractivity contribution < 1.29 is 13.2 Å². The SMILES string of the molecule is CNC(=O)CS(=O)OC. The van der Waals surface area contributed by atoms with E-state index in [0.29, 0.717) is 0 Å². The second-order valence-electron chi connectivity index (χ2n) is 1.29. The number of amides is 1. The Morgan fingerprint density at radius 2 is 2.33 bits per heavy atom. The summed E-state index contributed by atoms with van der Waals surface area (Å²) in [6.07, 6.45) is 0. The summed E-state index contributed by atoms with van der Waals surface area (Å²) in [6.45, 7) is 0. The van der Waals surface area contributed by atoms with Crippen molar-refractivity contribution in [2.75, 3.05) is 19.9 Å². The lowest BCUT2D eigenvalue weighted by Crippen LogP contribution is -2.24. The Hall–Kier alpha value is -0.420. The quantitative estimate of drug-likeness (QED) is 0.565. The molecule has 0 aromatic heterocycles. The van der Waals surface area contributed by atoms with E-state index in [2.05, 4.69) is 9.50 Å². The van der Waals surface area contributed by atoms with Crippen LogP contribution in [0.3, 0.4) is 0 Å². The highest BCUT2D eigenvalue weighted by Crippen LogP contribution is 1.79. The molecule has 0 saturated carbocycles. The van der Waals surface area contributed by atoms with E-state index in [-0.39, 0.29) is 11.7 Å². The standard InChI is InChI=1S/C4H9NO3S/c1-5-4(6)3-9(7)8-2/h3H2,1-2H3,(H,5,6). The van der Waals surface area contributed by atoms with Crippen molar-refractivity contribution >= 4 is 17.0 Å². The normalized spacial score (nSPS) is 12.7. The fraction of sp³-hybridized carbons (Fsp3) is 0.750. The molecule has 0 aliphatic rings. The van der Waals surface area contributed by atoms with Gasteiger partial charge in [0.05, 0.1) is 7.11 Å². The van der Waals surface area contributed by atoms with E-state index in [9.17, 15) is 9.00 Å². The zero-order valence-electron chi connectivity index (χ0n) is 5.34. The number of carbonyl (C=O) groups excluding carboxylic acids is 1. The Bertz CT molecular complexity index is 111. The van der Waals surface area contributed by atoms with Crippen molar-refractivity contribution in [3.63, 3.8) is 0 Å². The second-order valence-corrected chi connectivity index (χ2v) is 2.52. The highest BCUT2D eigenvalue weighted by Gasteiger charge is 2.02. The highest BCUT2D eigenvalue weighted by molar-refractivity contribution is 7.80. The van der Waals surface area contributed by atoms with Crippen LogP contribution in [0.2, 0.25) is 0 Å². The van der Waals surface area contributed by atoms with E-state index in [4.69, 9.17) is 0 Å². The van der Waals surface area contributed by atoms with Crippen LogP contribution in [0.15, 0.2) is 0 Å². The van der Waals surface area contributed by atoms with E-state index in [1.807, 2.05) is 0 Å². The molecule has 0 aromatic rings. The van der Waals surface area contributed by atoms with Gasteiger partial charge in [0.15, 0.2) is 11.1 Å². The van der Waals surface area contributed by atoms with Crippen LogP contribution in [-0.4, -0.2) is 30.0 Å². The number of nitrogens with one attached hydrogen (secondary N) is 1. The van der Waals surface area contributed by atoms with Crippen molar-refractivity contribution in [1.29, 1.82) is 0 Å². The molecular formula is C4H9NO3S. The maximum Gasteiger partial charge on any atom is 0.234 e. The van der Waals surface area contributed by atoms with Crippen LogP contribution in [0.4, 0.5) is 0 Å². The van der Waals surface area contributed by atoms with Gasteiger partial charge >= 0.3 is 0 Å². The number of carbonyl (C=O) groups is 1. The molecular weight excluding hydrogens is 142 g/mol. The van der Waals surface area contributed by atoms with Gasteiger partial charge in [-0.3, -0.25) is 8.98 Å². The maximum absolute atomic E-state index is 10.4. The zero-order chi connectivity index (χ0) is 7.28. The molecule has 0 heterocycles. The average molecular weight is 151 g/mol. The van der Waals surface area contributed by atoms with E-state index in [0.717, 1.165) is 0 Å². The lowest BCUT2D eigenvalue weighted by molar-refractivity contribution is -0.118. The predicted molar refractivity (Wildman–Crippen MR) is 34.1 cm³/mol. The molecule has 5 heteroatoms. The number of hydrogen-bond acceptors (Lipinski definition) is 3. The zero-order valence-corrected chi connectivity index (χ0v) is 6.16. The first-order valence-corrected chi connectivity index (χ1v) is 3.58. The maximum atomic E-state index is 10.4. The van der Waals surface area contributed by atoms with Gasteiger partial charge in [-0.1, -0.05) is 0 Å². The van der Waals surface area contributed by atoms with Crippen LogP contribution >= 0.6 is 0 Å². The highest BCUT2D eigenvalue weighted by atomic mass is 32.2. The Kier molecular flexibility index (Phi) is 4.25. The molecule has 0 fully saturated rings. The smallest absolute Gasteiger partial charge is 0.234 e. The Balaban J connectivity index is 3.47. The lowest BCUT2D eigenvalue weighted by Gasteiger charge is -1.95. The van der Waals surface area contributed by atoms with Crippen LogP contribution in [0.25, 0.3) is 0 Å². The fourth-order valence-electron chi connectivity index (χ4n) is 0.238. The second kappa shape index (κ2) is 4.46. The van der Waals surface area contributed by atoms with Gasteiger partial charge in [0, 0.05) is 7.05 Å². The predicted octanol–water partition coefficient (Wildman–Crippen LogP) is -0.958. The van der Waals surface area contributed by atoms with Crippen molar-refractivity contribution in [2.45, 2.75) is 0 Å². The fourth-order valence-corrected chi connectivity index (χ4v) is 0.714. The first-order valence-electron chi connectivity index (χ1n) is 2.34. The summed E-state index contributed by atoms with van der Waals surface area (Å²) < 4.78 is 14.7. The lowest BCUT2D eigenvalue weighted by atomic mass is 10.7. The number of hydrogen-bond donors (Lipinski definition) is 1. The van der Waals surface area contributed by atoms with E-state index in [1.54, 1.807) is 0 Å². The minimum atomic E-state index is -1.47. The summed E-state index contributed by atoms with van der Waals surface area (Å²) in [5.74, 6) is -0.373. The third-order valence-electron chi connectivity index (χ3n) is 0.714. The van der Waals surface area contributed by atoms with Crippen LogP contribution < -0.4 is 5.32 Å². The van der Waals surface area contributed by atoms with Gasteiger partial charge in [0.1, 0.15) is 5.75 Å². The van der Waals surface area contributed by atoms with Crippen LogP contribution in [-0.2, 0) is 20.1 Å². The summed E-state index contributed by atoms with van der Waals surface area (Å²) in [4.78, 5) is 10.4. The largest absolute Gasteiger partial charge is 0.358 e. The molecule has 0 spiro atoms. The average Bonchev–Trinajstić information content (AvgIpc) is 1.87. The first kappa shape index (κ1) is 8.58. The molecule has 0 saturated heterocycles. The van der Waals surface area contributed by atoms with Crippen molar-refractivity contribution in [1.82, 2.24) is 5.32 Å². The van der Waals surface area contributed by atoms with Crippen molar-refractivity contribution in [3.8, 4) is 0 Å². The summed E-state index contributed by atoms with van der Waals surface area (Å²) in [6, 6.07) is 0. The van der Waals surface area contributed by atoms with Crippen LogP contribution in [0.1, 0.15) is 0 Å². The molecule has 9 heavy (non-hydrogen) atoms. The van der Waals surface area contributed by atoms with Gasteiger partial charge in [-0.15, -0.1) is 0 Å². The van der Waals surface area contributed by atoms with Gasteiger partial charge in [-0.05, 0) is 0 Å². The topological polar surface area (TPSA) is 55.4 Å². The summed E-state index contributed by atoms with van der Waals surface area (Å²) in [5, 5.41) is 2.32. The molecule has 0 aromatic carbocycles. The molecule has 0 bridgehead atoms. The molecule has 1 amide bonds. The third-order valence-corrected chi connectivity index (χ3v) is 1.58. The summed E-state index contributed by atoms with van der Waals surface area (Å²) in [7, 11) is 2.77. The molecule has 0 aliphatic heterocycles. The minimum absolute atomic E-state index is 0.0903. The van der Waals surface area contributed by atoms with Gasteiger partial charge < -0.3 is 5.32 Å². The van der Waals surface area contributed by atoms with Gasteiger partial charge in [-0.25, -0.2) is 4.21 Å². The monoisotopic (exact) mass is 151 g/mol. The summed E-state index contributed by atoms with van der Waals surface area (Å²) in [5.41, 5.74) is 0. The van der Waals surface area contributed by atoms with Crippen molar-refractivity contribution in [3.05, 3.63) is 0 Å². The van der Waals surface area contributed by atoms with Gasteiger partial charge in [0.2, 0.25) is 5.91 Å². The Labute approximate surface area is 56.2 Å². The van der Waals surface area contributed by atoms with E-state index >= 15 is 0 Å². The van der Waals surface area contributed by atoms with Gasteiger partial charge in [-0.2, -0.15) is 0 Å². The third kappa shape index (κ3) is 4.11. The van der Waals surface area contributed by atoms with Crippen LogP contribution in [0, 0.1) is 0 Å². The number of rotatable bonds is 3. The first-order chi connectivity index (χ1) is 4.20. The Morgan fingerprint density at radius 1 is 1.78 bits per heavy atom. The molecule has 1 atom stereocenters. The summed E-state index contributed by atoms with van der Waals surface area (Å²) >= 11 is -1.47. The molecule has 54 valence electrons. The van der Waals surface area contributed by atoms with E-state index < -0.39 is 11.1 Å². The molecule has 4 nitrogen and oxygen atoms in total. The molecule has 0 rings (SSSR count). The van der Waals surface area contributed by atoms with Gasteiger partial charge in [0.25, 0.3) is 0 Å². The Morgan fingerprint density at radius 3 is 2.67 bits per heavy atom. The molecule has 0 aliphatic carbocycles. The van der Waals surface area contributed by atoms with Crippen LogP contribution in [0.5, 0.6) is 0 Å². The molecule has 1 N–H and O–H groups in total. The minimum Gasteiger partial charge on any atom is -0.358 e.